The zero-order chi connectivity index (χ0) is 22.7. The maximum Gasteiger partial charge on any atom is 0.472 e. The highest BCUT2D eigenvalue weighted by atomic mass is 31.2. The Balaban J connectivity index is 4.23. The molecule has 0 heterocycles. The Morgan fingerprint density at radius 1 is 0.933 bits per heavy atom. The first-order chi connectivity index (χ1) is 14.2. The van der Waals surface area contributed by atoms with E-state index >= 15 is 0 Å². The van der Waals surface area contributed by atoms with Crippen LogP contribution in [0.4, 0.5) is 0 Å². The van der Waals surface area contributed by atoms with Gasteiger partial charge in [0, 0.05) is 13.2 Å². The van der Waals surface area contributed by atoms with Gasteiger partial charge in [0.1, 0.15) is 19.3 Å². The van der Waals surface area contributed by atoms with Crippen LogP contribution in [0.25, 0.3) is 0 Å². The van der Waals surface area contributed by atoms with Crippen LogP contribution in [0.15, 0.2) is 12.7 Å². The van der Waals surface area contributed by atoms with Gasteiger partial charge in [0.25, 0.3) is 0 Å². The molecule has 0 aliphatic rings. The summed E-state index contributed by atoms with van der Waals surface area (Å²) in [5.41, 5.74) is 0. The minimum absolute atomic E-state index is 0.0316. The van der Waals surface area contributed by atoms with E-state index in [9.17, 15) is 9.46 Å². The number of ether oxygens (including phenoxy) is 2. The molecule has 0 saturated carbocycles. The second-order valence-electron chi connectivity index (χ2n) is 8.73. The maximum absolute atomic E-state index is 12.1. The van der Waals surface area contributed by atoms with Crippen LogP contribution in [0.3, 0.4) is 0 Å². The van der Waals surface area contributed by atoms with Crippen LogP contribution in [0.2, 0.25) is 0 Å². The molecule has 0 aliphatic heterocycles. The topological polar surface area (TPSA) is 74.2 Å². The normalized spacial score (nSPS) is 15.1. The van der Waals surface area contributed by atoms with E-state index in [1.54, 1.807) is 0 Å². The van der Waals surface area contributed by atoms with Crippen LogP contribution in [0.1, 0.15) is 64.7 Å². The third kappa shape index (κ3) is 21.0. The molecule has 0 spiro atoms. The molecule has 0 saturated heterocycles. The fourth-order valence-electron chi connectivity index (χ4n) is 2.63. The van der Waals surface area contributed by atoms with E-state index in [0.29, 0.717) is 30.8 Å². The van der Waals surface area contributed by atoms with Gasteiger partial charge in [-0.05, 0) is 25.7 Å². The molecule has 0 amide bonds. The molecule has 0 rings (SSSR count). The summed E-state index contributed by atoms with van der Waals surface area (Å²) in [6.07, 6.45) is 11.6. The molecule has 1 unspecified atom stereocenters. The number of allylic oxidation sites excluding steroid dienone is 1. The van der Waals surface area contributed by atoms with Crippen LogP contribution < -0.4 is 0 Å². The zero-order valence-electron chi connectivity index (χ0n) is 19.9. The number of likely N-dealkylation sites (N-methyl/N-ethyl adjacent to an activating group) is 1. The maximum atomic E-state index is 12.1. The molecule has 0 radical (unpaired) electrons. The average Bonchev–Trinajstić information content (AvgIpc) is 2.66. The highest BCUT2D eigenvalue weighted by Gasteiger charge is 2.25. The van der Waals surface area contributed by atoms with E-state index in [1.165, 1.54) is 25.7 Å². The Morgan fingerprint density at radius 3 is 2.27 bits per heavy atom. The van der Waals surface area contributed by atoms with Gasteiger partial charge in [-0.1, -0.05) is 45.1 Å². The highest BCUT2D eigenvalue weighted by Crippen LogP contribution is 2.43. The molecule has 1 N–H and O–H groups in total. The van der Waals surface area contributed by atoms with E-state index in [-0.39, 0.29) is 13.2 Å². The van der Waals surface area contributed by atoms with Gasteiger partial charge in [-0.15, -0.1) is 6.58 Å². The van der Waals surface area contributed by atoms with Crippen LogP contribution in [-0.2, 0) is 23.1 Å². The van der Waals surface area contributed by atoms with Gasteiger partial charge < -0.3 is 18.9 Å². The molecule has 0 aromatic carbocycles. The molecule has 0 aliphatic carbocycles. The van der Waals surface area contributed by atoms with Gasteiger partial charge in [-0.25, -0.2) is 4.57 Å². The Kier molecular flexibility index (Phi) is 18.2. The summed E-state index contributed by atoms with van der Waals surface area (Å²) in [6.45, 7) is 8.22. The summed E-state index contributed by atoms with van der Waals surface area (Å²) in [5, 5.41) is 0. The lowest BCUT2D eigenvalue weighted by Gasteiger charge is -2.24. The minimum Gasteiger partial charge on any atom is -0.379 e. The predicted octanol–water partition coefficient (Wildman–Crippen LogP) is 4.94. The molecule has 0 aromatic heterocycles. The highest BCUT2D eigenvalue weighted by molar-refractivity contribution is 7.47. The summed E-state index contributed by atoms with van der Waals surface area (Å²) in [7, 11) is 1.87. The summed E-state index contributed by atoms with van der Waals surface area (Å²) in [4.78, 5) is 9.91. The largest absolute Gasteiger partial charge is 0.472 e. The van der Waals surface area contributed by atoms with Crippen molar-refractivity contribution in [1.29, 1.82) is 0 Å². The van der Waals surface area contributed by atoms with E-state index in [0.717, 1.165) is 32.1 Å². The van der Waals surface area contributed by atoms with E-state index in [2.05, 4.69) is 13.5 Å². The molecular weight excluding hydrogens is 405 g/mol. The van der Waals surface area contributed by atoms with Crippen LogP contribution in [0, 0.1) is 0 Å². The zero-order valence-corrected chi connectivity index (χ0v) is 20.7. The van der Waals surface area contributed by atoms with Crippen LogP contribution >= 0.6 is 7.82 Å². The predicted molar refractivity (Wildman–Crippen MR) is 123 cm³/mol. The molecule has 8 heteroatoms. The van der Waals surface area contributed by atoms with Crippen molar-refractivity contribution in [3.05, 3.63) is 12.7 Å². The Hall–Kier alpha value is -0.270. The number of phosphoric acid groups is 1. The molecule has 0 bridgehead atoms. The second kappa shape index (κ2) is 18.3. The summed E-state index contributed by atoms with van der Waals surface area (Å²) < 4.78 is 34.6. The number of hydrogen-bond donors (Lipinski definition) is 1. The van der Waals surface area contributed by atoms with Crippen molar-refractivity contribution in [2.45, 2.75) is 70.8 Å². The molecule has 7 nitrogen and oxygen atoms in total. The number of unbranched alkanes of at least 4 members (excludes halogenated alkanes) is 7. The van der Waals surface area contributed by atoms with Crippen molar-refractivity contribution in [3.8, 4) is 0 Å². The monoisotopic (exact) mass is 452 g/mol. The van der Waals surface area contributed by atoms with E-state index in [1.807, 2.05) is 27.2 Å². The Bertz CT molecular complexity index is 455. The third-order valence-corrected chi connectivity index (χ3v) is 5.53. The third-order valence-electron chi connectivity index (χ3n) is 4.54. The number of phosphoric ester groups is 1. The van der Waals surface area contributed by atoms with Crippen molar-refractivity contribution >= 4 is 7.82 Å². The lowest BCUT2D eigenvalue weighted by Crippen LogP contribution is -2.37. The summed E-state index contributed by atoms with van der Waals surface area (Å²) in [6, 6.07) is 0. The van der Waals surface area contributed by atoms with Gasteiger partial charge in [0.05, 0.1) is 34.4 Å². The van der Waals surface area contributed by atoms with Crippen molar-refractivity contribution in [1.82, 2.24) is 0 Å². The first-order valence-corrected chi connectivity index (χ1v) is 12.9. The van der Waals surface area contributed by atoms with Gasteiger partial charge in [0.2, 0.25) is 0 Å². The lowest BCUT2D eigenvalue weighted by molar-refractivity contribution is -0.870. The van der Waals surface area contributed by atoms with E-state index in [4.69, 9.17) is 18.5 Å². The fraction of sp³-hybridized carbons (Fsp3) is 0.909. The van der Waals surface area contributed by atoms with Crippen molar-refractivity contribution < 1.29 is 32.5 Å². The van der Waals surface area contributed by atoms with Crippen molar-refractivity contribution in [2.75, 3.05) is 60.7 Å². The minimum atomic E-state index is -4.10. The van der Waals surface area contributed by atoms with Crippen LogP contribution in [0.5, 0.6) is 0 Å². The van der Waals surface area contributed by atoms with Crippen molar-refractivity contribution in [3.63, 3.8) is 0 Å². The SMILES string of the molecule is C=CCCCCO[C@H](COCCCCCCCC)COP(=O)(O)OCC[N+](C)(C)C. The lowest BCUT2D eigenvalue weighted by atomic mass is 10.1. The van der Waals surface area contributed by atoms with Gasteiger partial charge in [-0.2, -0.15) is 0 Å². The standard InChI is InChI=1S/C22H46NO6P/c1-6-8-10-12-13-14-17-26-20-22(27-18-15-11-9-7-2)21-29-30(24,25)28-19-16-23(3,4)5/h7,22H,2,6,8-21H2,1,3-5H3/p+1/t22-/m1/s1. The Labute approximate surface area is 184 Å². The Morgan fingerprint density at radius 2 is 1.60 bits per heavy atom. The second-order valence-corrected chi connectivity index (χ2v) is 10.2. The first kappa shape index (κ1) is 29.7. The molecule has 0 fully saturated rings. The number of hydrogen-bond acceptors (Lipinski definition) is 5. The quantitative estimate of drug-likeness (QED) is 0.108. The smallest absolute Gasteiger partial charge is 0.379 e. The van der Waals surface area contributed by atoms with Gasteiger partial charge in [0.15, 0.2) is 0 Å². The van der Waals surface area contributed by atoms with E-state index < -0.39 is 13.9 Å². The average molecular weight is 453 g/mol. The summed E-state index contributed by atoms with van der Waals surface area (Å²) >= 11 is 0. The first-order valence-electron chi connectivity index (χ1n) is 11.4. The number of nitrogens with zero attached hydrogens (tertiary/aromatic N) is 1. The van der Waals surface area contributed by atoms with Crippen molar-refractivity contribution in [2.24, 2.45) is 0 Å². The molecular formula is C22H47NO6P+. The van der Waals surface area contributed by atoms with Gasteiger partial charge >= 0.3 is 7.82 Å². The molecule has 2 atom stereocenters. The van der Waals surface area contributed by atoms with Crippen LogP contribution in [-0.4, -0.2) is 76.2 Å². The number of rotatable bonds is 22. The molecule has 0 aromatic rings. The summed E-state index contributed by atoms with van der Waals surface area (Å²) in [5.74, 6) is 0. The fourth-order valence-corrected chi connectivity index (χ4v) is 3.37. The van der Waals surface area contributed by atoms with Gasteiger partial charge in [-0.3, -0.25) is 9.05 Å². The number of quaternary nitrogens is 1. The molecule has 30 heavy (non-hydrogen) atoms. The molecule has 180 valence electrons.